The Bertz CT molecular complexity index is 446. The maximum atomic E-state index is 10.8. The van der Waals surface area contributed by atoms with Gasteiger partial charge in [-0.25, -0.2) is 0 Å². The van der Waals surface area contributed by atoms with Crippen LogP contribution in [-0.2, 0) is 11.3 Å². The number of nitrogens with zero attached hydrogens (tertiary/aromatic N) is 1. The first-order valence-corrected chi connectivity index (χ1v) is 5.70. The molecule has 0 aromatic heterocycles. The van der Waals surface area contributed by atoms with Gasteiger partial charge in [-0.1, -0.05) is 12.1 Å². The van der Waals surface area contributed by atoms with Gasteiger partial charge in [0.25, 0.3) is 5.69 Å². The SMILES string of the molecule is CC(=O)NCCNCc1ccc(C)c([N+](=O)[O-])c1. The fourth-order valence-electron chi connectivity index (χ4n) is 1.52. The number of nitro groups is 1. The lowest BCUT2D eigenvalue weighted by molar-refractivity contribution is -0.385. The highest BCUT2D eigenvalue weighted by Gasteiger charge is 2.10. The Morgan fingerprint density at radius 1 is 1.39 bits per heavy atom. The summed E-state index contributed by atoms with van der Waals surface area (Å²) >= 11 is 0. The lowest BCUT2D eigenvalue weighted by Gasteiger charge is -2.06. The molecule has 0 spiro atoms. The number of amides is 1. The molecule has 0 atom stereocenters. The Kier molecular flexibility index (Phi) is 5.26. The normalized spacial score (nSPS) is 10.1. The molecule has 0 unspecified atom stereocenters. The highest BCUT2D eigenvalue weighted by molar-refractivity contribution is 5.72. The molecule has 98 valence electrons. The van der Waals surface area contributed by atoms with Crippen LogP contribution in [0.2, 0.25) is 0 Å². The second-order valence-electron chi connectivity index (χ2n) is 4.04. The van der Waals surface area contributed by atoms with Crippen LogP contribution in [0.15, 0.2) is 18.2 Å². The molecular formula is C12H17N3O3. The topological polar surface area (TPSA) is 84.3 Å². The van der Waals surface area contributed by atoms with Crippen LogP contribution >= 0.6 is 0 Å². The second-order valence-corrected chi connectivity index (χ2v) is 4.04. The summed E-state index contributed by atoms with van der Waals surface area (Å²) in [6.45, 7) is 4.89. The zero-order chi connectivity index (χ0) is 13.5. The van der Waals surface area contributed by atoms with E-state index in [0.717, 1.165) is 5.56 Å². The van der Waals surface area contributed by atoms with Crippen molar-refractivity contribution in [1.82, 2.24) is 10.6 Å². The Balaban J connectivity index is 2.45. The van der Waals surface area contributed by atoms with Gasteiger partial charge in [0.05, 0.1) is 4.92 Å². The van der Waals surface area contributed by atoms with Crippen LogP contribution < -0.4 is 10.6 Å². The molecule has 1 aromatic carbocycles. The first kappa shape index (κ1) is 14.1. The van der Waals surface area contributed by atoms with Crippen LogP contribution in [-0.4, -0.2) is 23.9 Å². The van der Waals surface area contributed by atoms with Gasteiger partial charge in [-0.2, -0.15) is 0 Å². The fourth-order valence-corrected chi connectivity index (χ4v) is 1.52. The summed E-state index contributed by atoms with van der Waals surface area (Å²) in [5, 5.41) is 16.5. The van der Waals surface area contributed by atoms with Crippen LogP contribution in [0.25, 0.3) is 0 Å². The van der Waals surface area contributed by atoms with Crippen molar-refractivity contribution >= 4 is 11.6 Å². The summed E-state index contributed by atoms with van der Waals surface area (Å²) in [6, 6.07) is 5.16. The summed E-state index contributed by atoms with van der Waals surface area (Å²) < 4.78 is 0. The van der Waals surface area contributed by atoms with Gasteiger partial charge in [-0.05, 0) is 12.5 Å². The Morgan fingerprint density at radius 2 is 2.11 bits per heavy atom. The third-order valence-electron chi connectivity index (χ3n) is 2.48. The number of carbonyl (C=O) groups excluding carboxylic acids is 1. The number of aryl methyl sites for hydroxylation is 1. The van der Waals surface area contributed by atoms with E-state index in [2.05, 4.69) is 10.6 Å². The molecule has 0 aliphatic heterocycles. The first-order valence-electron chi connectivity index (χ1n) is 5.70. The Labute approximate surface area is 106 Å². The molecule has 0 saturated carbocycles. The second kappa shape index (κ2) is 6.70. The van der Waals surface area contributed by atoms with Gasteiger partial charge >= 0.3 is 0 Å². The van der Waals surface area contributed by atoms with Gasteiger partial charge < -0.3 is 10.6 Å². The van der Waals surface area contributed by atoms with Crippen molar-refractivity contribution in [2.24, 2.45) is 0 Å². The van der Waals surface area contributed by atoms with E-state index in [1.807, 2.05) is 6.07 Å². The number of benzene rings is 1. The predicted octanol–water partition coefficient (Wildman–Crippen LogP) is 1.13. The minimum Gasteiger partial charge on any atom is -0.355 e. The monoisotopic (exact) mass is 251 g/mol. The van der Waals surface area contributed by atoms with E-state index in [-0.39, 0.29) is 16.5 Å². The van der Waals surface area contributed by atoms with Gasteiger partial charge in [0.1, 0.15) is 0 Å². The molecule has 6 nitrogen and oxygen atoms in total. The molecule has 0 saturated heterocycles. The van der Waals surface area contributed by atoms with Crippen molar-refractivity contribution in [1.29, 1.82) is 0 Å². The van der Waals surface area contributed by atoms with Crippen LogP contribution in [0.5, 0.6) is 0 Å². The summed E-state index contributed by atoms with van der Waals surface area (Å²) in [5.41, 5.74) is 1.65. The van der Waals surface area contributed by atoms with Crippen molar-refractivity contribution in [2.45, 2.75) is 20.4 Å². The van der Waals surface area contributed by atoms with Crippen LogP contribution in [0, 0.1) is 17.0 Å². The molecule has 0 heterocycles. The van der Waals surface area contributed by atoms with E-state index in [4.69, 9.17) is 0 Å². The molecule has 2 N–H and O–H groups in total. The Hall–Kier alpha value is -1.95. The zero-order valence-corrected chi connectivity index (χ0v) is 10.5. The highest BCUT2D eigenvalue weighted by Crippen LogP contribution is 2.18. The predicted molar refractivity (Wildman–Crippen MR) is 68.2 cm³/mol. The number of nitrogens with one attached hydrogen (secondary N) is 2. The number of carbonyl (C=O) groups is 1. The molecule has 1 rings (SSSR count). The van der Waals surface area contributed by atoms with Crippen LogP contribution in [0.3, 0.4) is 0 Å². The first-order chi connectivity index (χ1) is 8.50. The van der Waals surface area contributed by atoms with E-state index >= 15 is 0 Å². The van der Waals surface area contributed by atoms with Gasteiger partial charge in [-0.3, -0.25) is 14.9 Å². The van der Waals surface area contributed by atoms with E-state index in [9.17, 15) is 14.9 Å². The molecule has 0 aliphatic carbocycles. The minimum absolute atomic E-state index is 0.0669. The standard InChI is InChI=1S/C12H17N3O3/c1-9-3-4-11(7-12(9)15(17)18)8-13-5-6-14-10(2)16/h3-4,7,13H,5-6,8H2,1-2H3,(H,14,16). The molecule has 6 heteroatoms. The third kappa shape index (κ3) is 4.50. The smallest absolute Gasteiger partial charge is 0.272 e. The number of hydrogen-bond acceptors (Lipinski definition) is 4. The fraction of sp³-hybridized carbons (Fsp3) is 0.417. The molecule has 0 fully saturated rings. The largest absolute Gasteiger partial charge is 0.355 e. The third-order valence-corrected chi connectivity index (χ3v) is 2.48. The maximum Gasteiger partial charge on any atom is 0.272 e. The summed E-state index contributed by atoms with van der Waals surface area (Å²) in [7, 11) is 0. The summed E-state index contributed by atoms with van der Waals surface area (Å²) in [5.74, 6) is -0.0669. The van der Waals surface area contributed by atoms with Crippen molar-refractivity contribution < 1.29 is 9.72 Å². The molecule has 0 bridgehead atoms. The van der Waals surface area contributed by atoms with Crippen molar-refractivity contribution in [2.75, 3.05) is 13.1 Å². The van der Waals surface area contributed by atoms with Crippen LogP contribution in [0.1, 0.15) is 18.1 Å². The summed E-state index contributed by atoms with van der Waals surface area (Å²) in [6.07, 6.45) is 0. The Morgan fingerprint density at radius 3 is 2.72 bits per heavy atom. The molecule has 1 aromatic rings. The van der Waals surface area contributed by atoms with Gasteiger partial charge in [0.2, 0.25) is 5.91 Å². The van der Waals surface area contributed by atoms with Gasteiger partial charge in [0.15, 0.2) is 0 Å². The lowest BCUT2D eigenvalue weighted by Crippen LogP contribution is -2.29. The van der Waals surface area contributed by atoms with E-state index in [1.165, 1.54) is 6.92 Å². The number of nitro benzene ring substituents is 1. The molecule has 1 amide bonds. The van der Waals surface area contributed by atoms with E-state index in [1.54, 1.807) is 19.1 Å². The number of hydrogen-bond donors (Lipinski definition) is 2. The average Bonchev–Trinajstić information content (AvgIpc) is 2.30. The molecule has 0 aliphatic rings. The van der Waals surface area contributed by atoms with E-state index in [0.29, 0.717) is 25.2 Å². The summed E-state index contributed by atoms with van der Waals surface area (Å²) in [4.78, 5) is 21.0. The van der Waals surface area contributed by atoms with Gasteiger partial charge in [-0.15, -0.1) is 0 Å². The number of rotatable bonds is 6. The molecular weight excluding hydrogens is 234 g/mol. The maximum absolute atomic E-state index is 10.8. The molecule has 0 radical (unpaired) electrons. The average molecular weight is 251 g/mol. The van der Waals surface area contributed by atoms with Crippen molar-refractivity contribution in [3.05, 3.63) is 39.4 Å². The van der Waals surface area contributed by atoms with Crippen molar-refractivity contribution in [3.8, 4) is 0 Å². The minimum atomic E-state index is -0.379. The van der Waals surface area contributed by atoms with Gasteiger partial charge in [0, 0.05) is 38.2 Å². The zero-order valence-electron chi connectivity index (χ0n) is 10.5. The quantitative estimate of drug-likeness (QED) is 0.451. The molecule has 18 heavy (non-hydrogen) atoms. The van der Waals surface area contributed by atoms with Crippen molar-refractivity contribution in [3.63, 3.8) is 0 Å². The van der Waals surface area contributed by atoms with E-state index < -0.39 is 0 Å². The lowest BCUT2D eigenvalue weighted by atomic mass is 10.1. The van der Waals surface area contributed by atoms with Crippen LogP contribution in [0.4, 0.5) is 5.69 Å². The highest BCUT2D eigenvalue weighted by atomic mass is 16.6.